The fourth-order valence-corrected chi connectivity index (χ4v) is 3.43. The fraction of sp³-hybridized carbons (Fsp3) is 0.381. The van der Waals surface area contributed by atoms with Crippen LogP contribution in [0.1, 0.15) is 34.0 Å². The summed E-state index contributed by atoms with van der Waals surface area (Å²) in [7, 11) is 0. The fourth-order valence-electron chi connectivity index (χ4n) is 3.43. The lowest BCUT2D eigenvalue weighted by Crippen LogP contribution is -2.42. The molecule has 0 bridgehead atoms. The van der Waals surface area contributed by atoms with E-state index in [1.54, 1.807) is 0 Å². The number of nitrogens with one attached hydrogen (secondary N) is 1. The Balaban J connectivity index is 1.50. The third-order valence-electron chi connectivity index (χ3n) is 4.82. The summed E-state index contributed by atoms with van der Waals surface area (Å²) >= 11 is 0. The molecule has 0 radical (unpaired) electrons. The maximum atomic E-state index is 12.3. The third kappa shape index (κ3) is 4.47. The molecular weight excluding hydrogens is 312 g/mol. The SMILES string of the molecule is CCc1ccccc1C(=O)NCC(O)CN1CCc2ccccc2C1. The number of fused-ring (bicyclic) bond motifs is 1. The van der Waals surface area contributed by atoms with Crippen molar-refractivity contribution in [3.63, 3.8) is 0 Å². The van der Waals surface area contributed by atoms with Gasteiger partial charge >= 0.3 is 0 Å². The minimum atomic E-state index is -0.567. The van der Waals surface area contributed by atoms with Crippen molar-refractivity contribution >= 4 is 5.91 Å². The van der Waals surface area contributed by atoms with Crippen molar-refractivity contribution in [2.45, 2.75) is 32.4 Å². The second-order valence-corrected chi connectivity index (χ2v) is 6.63. The average Bonchev–Trinajstić information content (AvgIpc) is 2.66. The first kappa shape index (κ1) is 17.6. The van der Waals surface area contributed by atoms with Gasteiger partial charge in [0, 0.05) is 31.7 Å². The lowest BCUT2D eigenvalue weighted by molar-refractivity contribution is 0.0841. The number of rotatable bonds is 6. The molecule has 1 aliphatic heterocycles. The molecule has 1 aliphatic rings. The molecule has 2 N–H and O–H groups in total. The molecule has 4 nitrogen and oxygen atoms in total. The van der Waals surface area contributed by atoms with Crippen molar-refractivity contribution in [3.05, 3.63) is 70.8 Å². The molecule has 0 aromatic heterocycles. The van der Waals surface area contributed by atoms with Gasteiger partial charge in [0.05, 0.1) is 6.10 Å². The van der Waals surface area contributed by atoms with Crippen LogP contribution in [0.2, 0.25) is 0 Å². The van der Waals surface area contributed by atoms with Crippen molar-refractivity contribution < 1.29 is 9.90 Å². The number of hydrogen-bond acceptors (Lipinski definition) is 3. The largest absolute Gasteiger partial charge is 0.390 e. The van der Waals surface area contributed by atoms with Crippen LogP contribution in [0.15, 0.2) is 48.5 Å². The number of hydrogen-bond donors (Lipinski definition) is 2. The molecule has 1 atom stereocenters. The van der Waals surface area contributed by atoms with E-state index in [1.807, 2.05) is 31.2 Å². The van der Waals surface area contributed by atoms with Crippen LogP contribution in [0.4, 0.5) is 0 Å². The highest BCUT2D eigenvalue weighted by atomic mass is 16.3. The third-order valence-corrected chi connectivity index (χ3v) is 4.82. The summed E-state index contributed by atoms with van der Waals surface area (Å²) < 4.78 is 0. The van der Waals surface area contributed by atoms with Crippen molar-refractivity contribution in [1.82, 2.24) is 10.2 Å². The standard InChI is InChI=1S/C21H26N2O2/c1-2-16-7-5-6-10-20(16)21(25)22-13-19(24)15-23-12-11-17-8-3-4-9-18(17)14-23/h3-10,19,24H,2,11-15H2,1H3,(H,22,25). The molecule has 2 aromatic rings. The van der Waals surface area contributed by atoms with Gasteiger partial charge in [0.25, 0.3) is 5.91 Å². The topological polar surface area (TPSA) is 52.6 Å². The van der Waals surface area contributed by atoms with E-state index >= 15 is 0 Å². The highest BCUT2D eigenvalue weighted by molar-refractivity contribution is 5.95. The molecule has 1 heterocycles. The van der Waals surface area contributed by atoms with Crippen LogP contribution < -0.4 is 5.32 Å². The van der Waals surface area contributed by atoms with E-state index in [9.17, 15) is 9.90 Å². The summed E-state index contributed by atoms with van der Waals surface area (Å²) in [4.78, 5) is 14.6. The van der Waals surface area contributed by atoms with E-state index in [0.29, 0.717) is 12.1 Å². The average molecular weight is 338 g/mol. The van der Waals surface area contributed by atoms with Gasteiger partial charge in [-0.25, -0.2) is 0 Å². The molecule has 0 fully saturated rings. The zero-order chi connectivity index (χ0) is 17.6. The number of amides is 1. The van der Waals surface area contributed by atoms with Crippen molar-refractivity contribution in [2.24, 2.45) is 0 Å². The molecule has 0 saturated carbocycles. The van der Waals surface area contributed by atoms with Gasteiger partial charge in [-0.15, -0.1) is 0 Å². The Morgan fingerprint density at radius 2 is 1.88 bits per heavy atom. The van der Waals surface area contributed by atoms with Crippen molar-refractivity contribution in [1.29, 1.82) is 0 Å². The molecule has 0 spiro atoms. The van der Waals surface area contributed by atoms with Crippen LogP contribution in [0, 0.1) is 0 Å². The van der Waals surface area contributed by atoms with Crippen molar-refractivity contribution in [3.8, 4) is 0 Å². The number of β-amino-alcohol motifs (C(OH)–C–C–N with tert-alkyl or cyclic N) is 1. The summed E-state index contributed by atoms with van der Waals surface area (Å²) in [6.45, 7) is 4.69. The summed E-state index contributed by atoms with van der Waals surface area (Å²) in [6, 6.07) is 16.1. The number of benzene rings is 2. The second-order valence-electron chi connectivity index (χ2n) is 6.63. The number of carbonyl (C=O) groups is 1. The Bertz CT molecular complexity index is 729. The van der Waals surface area contributed by atoms with Gasteiger partial charge < -0.3 is 10.4 Å². The van der Waals surface area contributed by atoms with Crippen LogP contribution in [0.5, 0.6) is 0 Å². The van der Waals surface area contributed by atoms with E-state index in [1.165, 1.54) is 11.1 Å². The maximum Gasteiger partial charge on any atom is 0.251 e. The minimum absolute atomic E-state index is 0.111. The Morgan fingerprint density at radius 1 is 1.16 bits per heavy atom. The summed E-state index contributed by atoms with van der Waals surface area (Å²) in [6.07, 6.45) is 1.27. The molecule has 0 aliphatic carbocycles. The Hall–Kier alpha value is -2.17. The normalized spacial score (nSPS) is 15.4. The van der Waals surface area contributed by atoms with Crippen LogP contribution in [-0.2, 0) is 19.4 Å². The molecule has 2 aromatic carbocycles. The van der Waals surface area contributed by atoms with E-state index in [0.717, 1.165) is 31.5 Å². The van der Waals surface area contributed by atoms with Gasteiger partial charge in [-0.2, -0.15) is 0 Å². The second kappa shape index (κ2) is 8.28. The Kier molecular flexibility index (Phi) is 5.84. The predicted octanol–water partition coefficient (Wildman–Crippen LogP) is 2.40. The van der Waals surface area contributed by atoms with Gasteiger partial charge in [0.15, 0.2) is 0 Å². The van der Waals surface area contributed by atoms with E-state index in [4.69, 9.17) is 0 Å². The number of carbonyl (C=O) groups excluding carboxylic acids is 1. The maximum absolute atomic E-state index is 12.3. The molecule has 0 saturated heterocycles. The van der Waals surface area contributed by atoms with Gasteiger partial charge in [-0.3, -0.25) is 9.69 Å². The summed E-state index contributed by atoms with van der Waals surface area (Å²) in [5.74, 6) is -0.111. The van der Waals surface area contributed by atoms with E-state index in [-0.39, 0.29) is 12.5 Å². The van der Waals surface area contributed by atoms with Crippen LogP contribution in [0.3, 0.4) is 0 Å². The zero-order valence-corrected chi connectivity index (χ0v) is 14.7. The first-order chi connectivity index (χ1) is 12.2. The minimum Gasteiger partial charge on any atom is -0.390 e. The molecule has 1 amide bonds. The molecule has 4 heteroatoms. The van der Waals surface area contributed by atoms with Crippen LogP contribution in [0.25, 0.3) is 0 Å². The van der Waals surface area contributed by atoms with Crippen LogP contribution >= 0.6 is 0 Å². The van der Waals surface area contributed by atoms with E-state index < -0.39 is 6.10 Å². The molecule has 3 rings (SSSR count). The van der Waals surface area contributed by atoms with Gasteiger partial charge in [0.2, 0.25) is 0 Å². The number of aryl methyl sites for hydroxylation is 1. The zero-order valence-electron chi connectivity index (χ0n) is 14.7. The van der Waals surface area contributed by atoms with Gasteiger partial charge in [-0.1, -0.05) is 49.4 Å². The number of aliphatic hydroxyl groups is 1. The quantitative estimate of drug-likeness (QED) is 0.850. The van der Waals surface area contributed by atoms with Gasteiger partial charge in [0.1, 0.15) is 0 Å². The first-order valence-corrected chi connectivity index (χ1v) is 9.00. The van der Waals surface area contributed by atoms with Gasteiger partial charge in [-0.05, 0) is 35.6 Å². The number of nitrogens with zero attached hydrogens (tertiary/aromatic N) is 1. The molecule has 1 unspecified atom stereocenters. The lowest BCUT2D eigenvalue weighted by atomic mass is 10.00. The lowest BCUT2D eigenvalue weighted by Gasteiger charge is -2.30. The first-order valence-electron chi connectivity index (χ1n) is 9.00. The Morgan fingerprint density at radius 3 is 2.68 bits per heavy atom. The van der Waals surface area contributed by atoms with Crippen LogP contribution in [-0.4, -0.2) is 41.7 Å². The van der Waals surface area contributed by atoms with E-state index in [2.05, 4.69) is 34.5 Å². The molecule has 25 heavy (non-hydrogen) atoms. The summed E-state index contributed by atoms with van der Waals surface area (Å²) in [5.41, 5.74) is 4.46. The molecular formula is C21H26N2O2. The Labute approximate surface area is 149 Å². The smallest absolute Gasteiger partial charge is 0.251 e. The summed E-state index contributed by atoms with van der Waals surface area (Å²) in [5, 5.41) is 13.2. The van der Waals surface area contributed by atoms with Crippen molar-refractivity contribution in [2.75, 3.05) is 19.6 Å². The highest BCUT2D eigenvalue weighted by Gasteiger charge is 2.19. The monoisotopic (exact) mass is 338 g/mol. The number of aliphatic hydroxyl groups excluding tert-OH is 1. The molecule has 132 valence electrons. The predicted molar refractivity (Wildman–Crippen MR) is 99.6 cm³/mol. The highest BCUT2D eigenvalue weighted by Crippen LogP contribution is 2.18.